The van der Waals surface area contributed by atoms with Gasteiger partial charge >= 0.3 is 0 Å². The van der Waals surface area contributed by atoms with Gasteiger partial charge in [0, 0.05) is 11.3 Å². The molecular formula is C7H10N2S. The fourth-order valence-electron chi connectivity index (χ4n) is 0.758. The molecule has 0 amide bonds. The van der Waals surface area contributed by atoms with E-state index in [1.165, 1.54) is 10.4 Å². The average Bonchev–Trinajstić information content (AvgIpc) is 2.15. The Morgan fingerprint density at radius 2 is 2.50 bits per heavy atom. The topological polar surface area (TPSA) is 49.9 Å². The molecule has 0 unspecified atom stereocenters. The lowest BCUT2D eigenvalue weighted by atomic mass is 10.2. The van der Waals surface area contributed by atoms with Gasteiger partial charge < -0.3 is 5.73 Å². The standard InChI is InChI=1S/C7H10N2S/c1-5-2-3-10-6(5)4-7(8)9/h2-3H,4H2,1H3,(H3,8,9). The fourth-order valence-corrected chi connectivity index (χ4v) is 1.69. The highest BCUT2D eigenvalue weighted by atomic mass is 32.1. The maximum atomic E-state index is 7.05. The molecule has 0 saturated heterocycles. The van der Waals surface area contributed by atoms with Crippen molar-refractivity contribution in [3.63, 3.8) is 0 Å². The highest BCUT2D eigenvalue weighted by Crippen LogP contribution is 2.15. The third kappa shape index (κ3) is 1.57. The van der Waals surface area contributed by atoms with Crippen LogP contribution < -0.4 is 5.73 Å². The third-order valence-electron chi connectivity index (χ3n) is 1.32. The minimum atomic E-state index is 0.241. The van der Waals surface area contributed by atoms with Crippen LogP contribution in [-0.4, -0.2) is 5.84 Å². The Bertz CT molecular complexity index is 240. The molecule has 10 heavy (non-hydrogen) atoms. The summed E-state index contributed by atoms with van der Waals surface area (Å²) in [7, 11) is 0. The largest absolute Gasteiger partial charge is 0.387 e. The summed E-state index contributed by atoms with van der Waals surface area (Å²) in [5.74, 6) is 0.241. The molecule has 1 rings (SSSR count). The van der Waals surface area contributed by atoms with Gasteiger partial charge in [0.15, 0.2) is 0 Å². The Balaban J connectivity index is 2.74. The van der Waals surface area contributed by atoms with Crippen LogP contribution in [0.15, 0.2) is 11.4 Å². The van der Waals surface area contributed by atoms with Crippen molar-refractivity contribution in [1.82, 2.24) is 0 Å². The second kappa shape index (κ2) is 2.84. The van der Waals surface area contributed by atoms with Crippen LogP contribution in [0.5, 0.6) is 0 Å². The lowest BCUT2D eigenvalue weighted by Crippen LogP contribution is -2.12. The highest BCUT2D eigenvalue weighted by Gasteiger charge is 1.99. The number of nitrogens with one attached hydrogen (secondary N) is 1. The Labute approximate surface area is 64.2 Å². The summed E-state index contributed by atoms with van der Waals surface area (Å²) < 4.78 is 0. The summed E-state index contributed by atoms with van der Waals surface area (Å²) >= 11 is 1.66. The number of amidine groups is 1. The maximum absolute atomic E-state index is 7.05. The zero-order valence-corrected chi connectivity index (χ0v) is 6.66. The number of thiophene rings is 1. The van der Waals surface area contributed by atoms with Gasteiger partial charge in [-0.2, -0.15) is 0 Å². The molecule has 0 spiro atoms. The molecule has 0 aromatic carbocycles. The van der Waals surface area contributed by atoms with Crippen molar-refractivity contribution in [3.05, 3.63) is 21.9 Å². The minimum Gasteiger partial charge on any atom is -0.387 e. The molecule has 2 nitrogen and oxygen atoms in total. The first kappa shape index (κ1) is 7.28. The van der Waals surface area contributed by atoms with Crippen LogP contribution in [0.1, 0.15) is 10.4 Å². The van der Waals surface area contributed by atoms with E-state index >= 15 is 0 Å². The van der Waals surface area contributed by atoms with Gasteiger partial charge in [0.05, 0.1) is 5.84 Å². The van der Waals surface area contributed by atoms with Crippen LogP contribution in [0.2, 0.25) is 0 Å². The number of aryl methyl sites for hydroxylation is 1. The normalized spacial score (nSPS) is 9.70. The van der Waals surface area contributed by atoms with Crippen LogP contribution in [0.4, 0.5) is 0 Å². The Hall–Kier alpha value is -0.830. The van der Waals surface area contributed by atoms with E-state index in [2.05, 4.69) is 0 Å². The van der Waals surface area contributed by atoms with Crippen molar-refractivity contribution >= 4 is 17.2 Å². The quantitative estimate of drug-likeness (QED) is 0.492. The lowest BCUT2D eigenvalue weighted by molar-refractivity contribution is 1.26. The zero-order chi connectivity index (χ0) is 7.56. The first-order valence-corrected chi connectivity index (χ1v) is 3.94. The van der Waals surface area contributed by atoms with Crippen molar-refractivity contribution in [2.75, 3.05) is 0 Å². The molecule has 0 bridgehead atoms. The van der Waals surface area contributed by atoms with E-state index in [9.17, 15) is 0 Å². The van der Waals surface area contributed by atoms with Gasteiger partial charge in [-0.05, 0) is 23.9 Å². The molecule has 54 valence electrons. The molecule has 0 aliphatic carbocycles. The molecule has 1 aromatic rings. The van der Waals surface area contributed by atoms with Crippen LogP contribution in [0.25, 0.3) is 0 Å². The van der Waals surface area contributed by atoms with E-state index in [-0.39, 0.29) is 5.84 Å². The second-order valence-electron chi connectivity index (χ2n) is 2.23. The molecule has 0 aliphatic rings. The first-order chi connectivity index (χ1) is 4.70. The van der Waals surface area contributed by atoms with Gasteiger partial charge in [0.2, 0.25) is 0 Å². The van der Waals surface area contributed by atoms with Crippen LogP contribution in [0, 0.1) is 12.3 Å². The smallest absolute Gasteiger partial charge is 0.0958 e. The number of rotatable bonds is 2. The molecule has 3 heteroatoms. The van der Waals surface area contributed by atoms with E-state index in [1.54, 1.807) is 11.3 Å². The van der Waals surface area contributed by atoms with Crippen LogP contribution in [0.3, 0.4) is 0 Å². The van der Waals surface area contributed by atoms with Gasteiger partial charge in [-0.15, -0.1) is 11.3 Å². The predicted octanol–water partition coefficient (Wildman–Crippen LogP) is 1.53. The summed E-state index contributed by atoms with van der Waals surface area (Å²) in [6.07, 6.45) is 0.601. The van der Waals surface area contributed by atoms with Gasteiger partial charge in [-0.25, -0.2) is 0 Å². The summed E-state index contributed by atoms with van der Waals surface area (Å²) in [6, 6.07) is 2.04. The molecular weight excluding hydrogens is 144 g/mol. The summed E-state index contributed by atoms with van der Waals surface area (Å²) in [4.78, 5) is 1.20. The summed E-state index contributed by atoms with van der Waals surface area (Å²) in [6.45, 7) is 2.04. The highest BCUT2D eigenvalue weighted by molar-refractivity contribution is 7.10. The monoisotopic (exact) mass is 154 g/mol. The number of nitrogens with two attached hydrogens (primary N) is 1. The predicted molar refractivity (Wildman–Crippen MR) is 44.7 cm³/mol. The summed E-state index contributed by atoms with van der Waals surface area (Å²) in [5.41, 5.74) is 6.48. The maximum Gasteiger partial charge on any atom is 0.0958 e. The van der Waals surface area contributed by atoms with Crippen molar-refractivity contribution < 1.29 is 0 Å². The Morgan fingerprint density at radius 1 is 1.80 bits per heavy atom. The van der Waals surface area contributed by atoms with Gasteiger partial charge in [0.25, 0.3) is 0 Å². The zero-order valence-electron chi connectivity index (χ0n) is 5.85. The summed E-state index contributed by atoms with van der Waals surface area (Å²) in [5, 5.41) is 9.07. The van der Waals surface area contributed by atoms with Gasteiger partial charge in [0.1, 0.15) is 0 Å². The molecule has 0 aliphatic heterocycles. The Morgan fingerprint density at radius 3 is 2.90 bits per heavy atom. The molecule has 1 heterocycles. The first-order valence-electron chi connectivity index (χ1n) is 3.06. The van der Waals surface area contributed by atoms with E-state index in [0.29, 0.717) is 6.42 Å². The second-order valence-corrected chi connectivity index (χ2v) is 3.23. The van der Waals surface area contributed by atoms with E-state index in [0.717, 1.165) is 0 Å². The van der Waals surface area contributed by atoms with Crippen LogP contribution >= 0.6 is 11.3 Å². The van der Waals surface area contributed by atoms with E-state index in [1.807, 2.05) is 18.4 Å². The van der Waals surface area contributed by atoms with E-state index in [4.69, 9.17) is 11.1 Å². The minimum absolute atomic E-state index is 0.241. The fraction of sp³-hybridized carbons (Fsp3) is 0.286. The SMILES string of the molecule is Cc1ccsc1CC(=N)N. The van der Waals surface area contributed by atoms with Gasteiger partial charge in [-0.1, -0.05) is 0 Å². The Kier molecular flexibility index (Phi) is 2.06. The van der Waals surface area contributed by atoms with Crippen molar-refractivity contribution in [2.24, 2.45) is 5.73 Å². The van der Waals surface area contributed by atoms with Crippen molar-refractivity contribution in [3.8, 4) is 0 Å². The molecule has 0 atom stereocenters. The van der Waals surface area contributed by atoms with Crippen molar-refractivity contribution in [1.29, 1.82) is 5.41 Å². The van der Waals surface area contributed by atoms with Crippen molar-refractivity contribution in [2.45, 2.75) is 13.3 Å². The average molecular weight is 154 g/mol. The number of hydrogen-bond donors (Lipinski definition) is 2. The third-order valence-corrected chi connectivity index (χ3v) is 2.34. The number of hydrogen-bond acceptors (Lipinski definition) is 2. The van der Waals surface area contributed by atoms with Crippen LogP contribution in [-0.2, 0) is 6.42 Å². The molecule has 3 N–H and O–H groups in total. The molecule has 1 aromatic heterocycles. The molecule has 0 radical (unpaired) electrons. The van der Waals surface area contributed by atoms with E-state index < -0.39 is 0 Å². The van der Waals surface area contributed by atoms with Gasteiger partial charge in [-0.3, -0.25) is 5.41 Å². The molecule has 0 saturated carbocycles. The lowest BCUT2D eigenvalue weighted by Gasteiger charge is -1.94. The molecule has 0 fully saturated rings.